The van der Waals surface area contributed by atoms with Gasteiger partial charge >= 0.3 is 6.03 Å². The summed E-state index contributed by atoms with van der Waals surface area (Å²) >= 11 is 0. The van der Waals surface area contributed by atoms with Gasteiger partial charge < -0.3 is 10.2 Å². The number of hydrogen-bond acceptors (Lipinski definition) is 4. The van der Waals surface area contributed by atoms with Crippen molar-refractivity contribution in [3.63, 3.8) is 0 Å². The molecule has 3 rings (SSSR count). The van der Waals surface area contributed by atoms with Gasteiger partial charge in [-0.15, -0.1) is 0 Å². The van der Waals surface area contributed by atoms with Crippen LogP contribution in [0.15, 0.2) is 30.3 Å². The summed E-state index contributed by atoms with van der Waals surface area (Å²) in [6.45, 7) is 2.40. The largest absolute Gasteiger partial charge is 0.341 e. The highest BCUT2D eigenvalue weighted by Crippen LogP contribution is 2.21. The van der Waals surface area contributed by atoms with Crippen molar-refractivity contribution in [3.05, 3.63) is 30.3 Å². The van der Waals surface area contributed by atoms with Crippen LogP contribution in [0, 0.1) is 0 Å². The first-order valence-electron chi connectivity index (χ1n) is 9.32. The summed E-state index contributed by atoms with van der Waals surface area (Å²) in [4.78, 5) is 40.8. The van der Waals surface area contributed by atoms with E-state index in [1.807, 2.05) is 15.9 Å². The number of piperidine rings is 1. The molecule has 0 bridgehead atoms. The first-order chi connectivity index (χ1) is 12.6. The van der Waals surface area contributed by atoms with Crippen LogP contribution >= 0.6 is 0 Å². The Balaban J connectivity index is 1.52. The molecule has 140 valence electrons. The summed E-state index contributed by atoms with van der Waals surface area (Å²) in [6.07, 6.45) is 4.85. The molecule has 0 radical (unpaired) electrons. The van der Waals surface area contributed by atoms with Gasteiger partial charge in [-0.25, -0.2) is 4.79 Å². The Morgan fingerprint density at radius 2 is 1.65 bits per heavy atom. The standard InChI is InChI=1S/C19H26N4O3/c24-17(21-19(26)20-15-8-2-1-3-9-15)14-23-13-5-4-10-16(23)18(25)22-11-6-7-12-22/h1-3,8-9,16H,4-7,10-14H2,(H2,20,21,24,26)/t16-/m1/s1. The lowest BCUT2D eigenvalue weighted by Crippen LogP contribution is -2.53. The zero-order valence-corrected chi connectivity index (χ0v) is 14.9. The van der Waals surface area contributed by atoms with Gasteiger partial charge in [0.05, 0.1) is 12.6 Å². The zero-order chi connectivity index (χ0) is 18.4. The Bertz CT molecular complexity index is 643. The number of carbonyl (C=O) groups excluding carboxylic acids is 3. The maximum absolute atomic E-state index is 12.7. The SMILES string of the molecule is O=C(CN1CCCC[C@@H]1C(=O)N1CCCC1)NC(=O)Nc1ccccc1. The fraction of sp³-hybridized carbons (Fsp3) is 0.526. The highest BCUT2D eigenvalue weighted by atomic mass is 16.2. The Hall–Kier alpha value is -2.41. The Kier molecular flexibility index (Phi) is 6.22. The van der Waals surface area contributed by atoms with Crippen molar-refractivity contribution >= 4 is 23.5 Å². The number of urea groups is 1. The van der Waals surface area contributed by atoms with E-state index in [0.717, 1.165) is 45.2 Å². The van der Waals surface area contributed by atoms with Gasteiger partial charge in [0.15, 0.2) is 0 Å². The number of likely N-dealkylation sites (tertiary alicyclic amines) is 2. The van der Waals surface area contributed by atoms with Gasteiger partial charge in [0.2, 0.25) is 11.8 Å². The lowest BCUT2D eigenvalue weighted by atomic mass is 10.0. The number of benzene rings is 1. The molecule has 1 aromatic carbocycles. The molecule has 7 heteroatoms. The summed E-state index contributed by atoms with van der Waals surface area (Å²) in [6, 6.07) is 8.16. The molecule has 2 saturated heterocycles. The second-order valence-electron chi connectivity index (χ2n) is 6.88. The second kappa shape index (κ2) is 8.80. The average molecular weight is 358 g/mol. The van der Waals surface area contributed by atoms with Crippen molar-refractivity contribution in [2.45, 2.75) is 38.1 Å². The summed E-state index contributed by atoms with van der Waals surface area (Å²) < 4.78 is 0. The zero-order valence-electron chi connectivity index (χ0n) is 14.9. The molecule has 4 amide bonds. The van der Waals surface area contributed by atoms with Crippen molar-refractivity contribution in [2.75, 3.05) is 31.5 Å². The number of nitrogens with one attached hydrogen (secondary N) is 2. The molecule has 0 unspecified atom stereocenters. The Labute approximate surface area is 153 Å². The highest BCUT2D eigenvalue weighted by molar-refractivity contribution is 6.01. The van der Waals surface area contributed by atoms with Crippen molar-refractivity contribution in [3.8, 4) is 0 Å². The molecular weight excluding hydrogens is 332 g/mol. The van der Waals surface area contributed by atoms with E-state index in [2.05, 4.69) is 10.6 Å². The number of imide groups is 1. The third-order valence-corrected chi connectivity index (χ3v) is 4.95. The molecular formula is C19H26N4O3. The van der Waals surface area contributed by atoms with Gasteiger partial charge in [-0.05, 0) is 44.4 Å². The van der Waals surface area contributed by atoms with Crippen molar-refractivity contribution in [2.24, 2.45) is 0 Å². The van der Waals surface area contributed by atoms with Gasteiger partial charge in [-0.1, -0.05) is 24.6 Å². The number of amides is 4. The minimum absolute atomic E-state index is 0.0620. The van der Waals surface area contributed by atoms with Crippen molar-refractivity contribution in [1.29, 1.82) is 0 Å². The average Bonchev–Trinajstić information content (AvgIpc) is 3.17. The predicted molar refractivity (Wildman–Crippen MR) is 98.6 cm³/mol. The van der Waals surface area contributed by atoms with Crippen LogP contribution in [0.4, 0.5) is 10.5 Å². The van der Waals surface area contributed by atoms with Crippen molar-refractivity contribution < 1.29 is 14.4 Å². The molecule has 0 saturated carbocycles. The predicted octanol–water partition coefficient (Wildman–Crippen LogP) is 1.81. The molecule has 7 nitrogen and oxygen atoms in total. The third kappa shape index (κ3) is 4.82. The maximum atomic E-state index is 12.7. The normalized spacial score (nSPS) is 20.6. The summed E-state index contributed by atoms with van der Waals surface area (Å²) in [5.41, 5.74) is 0.623. The fourth-order valence-corrected chi connectivity index (χ4v) is 3.64. The van der Waals surface area contributed by atoms with Crippen LogP contribution in [0.2, 0.25) is 0 Å². The third-order valence-electron chi connectivity index (χ3n) is 4.95. The molecule has 26 heavy (non-hydrogen) atoms. The number of hydrogen-bond donors (Lipinski definition) is 2. The van der Waals surface area contributed by atoms with Crippen molar-refractivity contribution in [1.82, 2.24) is 15.1 Å². The molecule has 2 fully saturated rings. The fourth-order valence-electron chi connectivity index (χ4n) is 3.64. The minimum atomic E-state index is -0.555. The van der Waals surface area contributed by atoms with E-state index in [1.165, 1.54) is 0 Å². The molecule has 2 aliphatic heterocycles. The van der Waals surface area contributed by atoms with Crippen LogP contribution < -0.4 is 10.6 Å². The quantitative estimate of drug-likeness (QED) is 0.860. The molecule has 1 aromatic rings. The summed E-state index contributed by atoms with van der Waals surface area (Å²) in [5, 5.41) is 4.97. The Morgan fingerprint density at radius 1 is 0.962 bits per heavy atom. The molecule has 1 atom stereocenters. The summed E-state index contributed by atoms with van der Waals surface area (Å²) in [7, 11) is 0. The van der Waals surface area contributed by atoms with Crippen LogP contribution in [0.5, 0.6) is 0 Å². The highest BCUT2D eigenvalue weighted by Gasteiger charge is 2.33. The van der Waals surface area contributed by atoms with Gasteiger partial charge in [-0.2, -0.15) is 0 Å². The first-order valence-corrected chi connectivity index (χ1v) is 9.32. The van der Waals surface area contributed by atoms with Gasteiger partial charge in [0.1, 0.15) is 0 Å². The number of anilines is 1. The van der Waals surface area contributed by atoms with E-state index in [-0.39, 0.29) is 24.4 Å². The van der Waals surface area contributed by atoms with E-state index in [4.69, 9.17) is 0 Å². The van der Waals surface area contributed by atoms with Crippen LogP contribution in [-0.2, 0) is 9.59 Å². The lowest BCUT2D eigenvalue weighted by Gasteiger charge is -2.36. The number of nitrogens with zero attached hydrogens (tertiary/aromatic N) is 2. The van der Waals surface area contributed by atoms with Gasteiger partial charge in [-0.3, -0.25) is 19.8 Å². The molecule has 2 heterocycles. The topological polar surface area (TPSA) is 81.8 Å². The van der Waals surface area contributed by atoms with Crippen LogP contribution in [0.25, 0.3) is 0 Å². The molecule has 0 aliphatic carbocycles. The Morgan fingerprint density at radius 3 is 2.38 bits per heavy atom. The van der Waals surface area contributed by atoms with Crippen LogP contribution in [0.3, 0.4) is 0 Å². The lowest BCUT2D eigenvalue weighted by molar-refractivity contribution is -0.138. The van der Waals surface area contributed by atoms with E-state index in [9.17, 15) is 14.4 Å². The van der Waals surface area contributed by atoms with Crippen LogP contribution in [0.1, 0.15) is 32.1 Å². The van der Waals surface area contributed by atoms with Crippen LogP contribution in [-0.4, -0.2) is 59.9 Å². The molecule has 2 N–H and O–H groups in total. The van der Waals surface area contributed by atoms with E-state index in [0.29, 0.717) is 12.2 Å². The second-order valence-corrected chi connectivity index (χ2v) is 6.88. The molecule has 0 aromatic heterocycles. The number of para-hydroxylation sites is 1. The van der Waals surface area contributed by atoms with E-state index < -0.39 is 6.03 Å². The van der Waals surface area contributed by atoms with Gasteiger partial charge in [0, 0.05) is 18.8 Å². The maximum Gasteiger partial charge on any atom is 0.325 e. The number of carbonyl (C=O) groups is 3. The minimum Gasteiger partial charge on any atom is -0.341 e. The number of rotatable bonds is 4. The van der Waals surface area contributed by atoms with E-state index in [1.54, 1.807) is 24.3 Å². The van der Waals surface area contributed by atoms with E-state index >= 15 is 0 Å². The monoisotopic (exact) mass is 358 g/mol. The first kappa shape index (κ1) is 18.4. The smallest absolute Gasteiger partial charge is 0.325 e. The van der Waals surface area contributed by atoms with Gasteiger partial charge in [0.25, 0.3) is 0 Å². The molecule has 2 aliphatic rings. The molecule has 0 spiro atoms. The summed E-state index contributed by atoms with van der Waals surface area (Å²) in [5.74, 6) is -0.261.